The van der Waals surface area contributed by atoms with Crippen molar-refractivity contribution in [3.63, 3.8) is 0 Å². The van der Waals surface area contributed by atoms with Crippen molar-refractivity contribution in [3.05, 3.63) is 29.3 Å². The molecular formula is C14H18N2O. The highest BCUT2D eigenvalue weighted by Crippen LogP contribution is 2.20. The maximum Gasteiger partial charge on any atom is 0.150 e. The Bertz CT molecular complexity index is 432. The zero-order valence-corrected chi connectivity index (χ0v) is 10.6. The molecule has 90 valence electrons. The zero-order chi connectivity index (χ0) is 12.8. The second kappa shape index (κ2) is 6.05. The minimum Gasteiger partial charge on any atom is -0.374 e. The van der Waals surface area contributed by atoms with Crippen molar-refractivity contribution in [2.45, 2.75) is 20.3 Å². The monoisotopic (exact) mass is 230 g/mol. The standard InChI is InChI=1S/C14H18N2O/c1-11(2)6-7-16(3)14-5-4-12(10-17)8-13(14)9-15/h4-5,8,10-11H,6-7H2,1-3H3. The normalized spacial score (nSPS) is 10.1. The molecule has 0 saturated carbocycles. The van der Waals surface area contributed by atoms with Crippen molar-refractivity contribution in [2.24, 2.45) is 5.92 Å². The van der Waals surface area contributed by atoms with Crippen LogP contribution < -0.4 is 4.90 Å². The van der Waals surface area contributed by atoms with E-state index in [-0.39, 0.29) is 0 Å². The highest BCUT2D eigenvalue weighted by atomic mass is 16.1. The predicted octanol–water partition coefficient (Wildman–Crippen LogP) is 2.85. The smallest absolute Gasteiger partial charge is 0.150 e. The summed E-state index contributed by atoms with van der Waals surface area (Å²) in [5.74, 6) is 0.636. The van der Waals surface area contributed by atoms with Gasteiger partial charge in [-0.25, -0.2) is 0 Å². The molecule has 0 heterocycles. The van der Waals surface area contributed by atoms with Gasteiger partial charge in [0.2, 0.25) is 0 Å². The average molecular weight is 230 g/mol. The lowest BCUT2D eigenvalue weighted by Crippen LogP contribution is -2.20. The Morgan fingerprint density at radius 2 is 2.18 bits per heavy atom. The number of carbonyl (C=O) groups is 1. The van der Waals surface area contributed by atoms with Gasteiger partial charge in [0, 0.05) is 19.2 Å². The highest BCUT2D eigenvalue weighted by Gasteiger charge is 2.08. The molecule has 0 atom stereocenters. The molecule has 0 amide bonds. The summed E-state index contributed by atoms with van der Waals surface area (Å²) < 4.78 is 0. The summed E-state index contributed by atoms with van der Waals surface area (Å²) in [4.78, 5) is 12.7. The quantitative estimate of drug-likeness (QED) is 0.730. The Morgan fingerprint density at radius 3 is 2.71 bits per heavy atom. The third-order valence-corrected chi connectivity index (χ3v) is 2.73. The molecule has 1 aromatic rings. The fraction of sp³-hybridized carbons (Fsp3) is 0.429. The van der Waals surface area contributed by atoms with Crippen LogP contribution in [0.3, 0.4) is 0 Å². The Balaban J connectivity index is 2.90. The highest BCUT2D eigenvalue weighted by molar-refractivity contribution is 5.78. The van der Waals surface area contributed by atoms with Crippen LogP contribution in [0.5, 0.6) is 0 Å². The lowest BCUT2D eigenvalue weighted by atomic mass is 10.1. The Hall–Kier alpha value is -1.82. The minimum absolute atomic E-state index is 0.544. The van der Waals surface area contributed by atoms with Crippen LogP contribution in [0.15, 0.2) is 18.2 Å². The van der Waals surface area contributed by atoms with E-state index in [9.17, 15) is 4.79 Å². The van der Waals surface area contributed by atoms with Crippen LogP contribution in [0, 0.1) is 17.2 Å². The van der Waals surface area contributed by atoms with Gasteiger partial charge < -0.3 is 4.90 Å². The molecule has 0 fully saturated rings. The predicted molar refractivity (Wildman–Crippen MR) is 69.3 cm³/mol. The number of hydrogen-bond donors (Lipinski definition) is 0. The molecule has 1 rings (SSSR count). The number of hydrogen-bond acceptors (Lipinski definition) is 3. The van der Waals surface area contributed by atoms with Crippen LogP contribution in [0.1, 0.15) is 36.2 Å². The second-order valence-electron chi connectivity index (χ2n) is 4.61. The first kappa shape index (κ1) is 13.2. The molecule has 17 heavy (non-hydrogen) atoms. The summed E-state index contributed by atoms with van der Waals surface area (Å²) in [6, 6.07) is 7.35. The molecule has 0 bridgehead atoms. The van der Waals surface area contributed by atoms with Crippen molar-refractivity contribution >= 4 is 12.0 Å². The summed E-state index contributed by atoms with van der Waals surface area (Å²) in [6.45, 7) is 5.26. The fourth-order valence-electron chi connectivity index (χ4n) is 1.62. The maximum absolute atomic E-state index is 10.6. The molecule has 0 aromatic heterocycles. The fourth-order valence-corrected chi connectivity index (χ4v) is 1.62. The molecule has 0 radical (unpaired) electrons. The SMILES string of the molecule is CC(C)CCN(C)c1ccc(C=O)cc1C#N. The zero-order valence-electron chi connectivity index (χ0n) is 10.6. The van der Waals surface area contributed by atoms with E-state index >= 15 is 0 Å². The Morgan fingerprint density at radius 1 is 1.47 bits per heavy atom. The molecule has 0 unspecified atom stereocenters. The Kier molecular flexibility index (Phi) is 4.71. The van der Waals surface area contributed by atoms with Gasteiger partial charge in [0.05, 0.1) is 11.3 Å². The summed E-state index contributed by atoms with van der Waals surface area (Å²) in [6.07, 6.45) is 1.84. The van der Waals surface area contributed by atoms with Gasteiger partial charge in [-0.2, -0.15) is 5.26 Å². The molecular weight excluding hydrogens is 212 g/mol. The van der Waals surface area contributed by atoms with Crippen LogP contribution in [-0.4, -0.2) is 19.9 Å². The van der Waals surface area contributed by atoms with E-state index in [1.54, 1.807) is 12.1 Å². The maximum atomic E-state index is 10.6. The van der Waals surface area contributed by atoms with Crippen molar-refractivity contribution in [2.75, 3.05) is 18.5 Å². The van der Waals surface area contributed by atoms with Crippen LogP contribution in [0.25, 0.3) is 0 Å². The first-order chi connectivity index (χ1) is 8.08. The van der Waals surface area contributed by atoms with Gasteiger partial charge >= 0.3 is 0 Å². The molecule has 1 aromatic carbocycles. The topological polar surface area (TPSA) is 44.1 Å². The van der Waals surface area contributed by atoms with E-state index in [2.05, 4.69) is 24.8 Å². The molecule has 0 aliphatic rings. The first-order valence-corrected chi connectivity index (χ1v) is 5.79. The number of anilines is 1. The average Bonchev–Trinajstić information content (AvgIpc) is 2.34. The lowest BCUT2D eigenvalue weighted by Gasteiger charge is -2.21. The summed E-state index contributed by atoms with van der Waals surface area (Å²) in [7, 11) is 1.97. The van der Waals surface area contributed by atoms with Crippen molar-refractivity contribution in [3.8, 4) is 6.07 Å². The van der Waals surface area contributed by atoms with Gasteiger partial charge in [-0.05, 0) is 30.5 Å². The Labute approximate surface area is 103 Å². The van der Waals surface area contributed by atoms with E-state index in [1.807, 2.05) is 13.1 Å². The number of benzene rings is 1. The number of rotatable bonds is 5. The first-order valence-electron chi connectivity index (χ1n) is 5.79. The molecule has 3 nitrogen and oxygen atoms in total. The van der Waals surface area contributed by atoms with Gasteiger partial charge in [-0.15, -0.1) is 0 Å². The largest absolute Gasteiger partial charge is 0.374 e. The van der Waals surface area contributed by atoms with E-state index in [0.717, 1.165) is 24.9 Å². The van der Waals surface area contributed by atoms with Gasteiger partial charge in [0.15, 0.2) is 0 Å². The minimum atomic E-state index is 0.544. The second-order valence-corrected chi connectivity index (χ2v) is 4.61. The van der Waals surface area contributed by atoms with Gasteiger partial charge in [0.1, 0.15) is 12.4 Å². The summed E-state index contributed by atoms with van der Waals surface area (Å²) >= 11 is 0. The van der Waals surface area contributed by atoms with Gasteiger partial charge in [0.25, 0.3) is 0 Å². The molecule has 0 aliphatic heterocycles. The van der Waals surface area contributed by atoms with Crippen LogP contribution in [0.4, 0.5) is 5.69 Å². The van der Waals surface area contributed by atoms with Crippen molar-refractivity contribution in [1.82, 2.24) is 0 Å². The number of carbonyl (C=O) groups excluding carboxylic acids is 1. The molecule has 0 N–H and O–H groups in total. The van der Waals surface area contributed by atoms with Crippen LogP contribution >= 0.6 is 0 Å². The molecule has 3 heteroatoms. The number of nitriles is 1. The van der Waals surface area contributed by atoms with Gasteiger partial charge in [-0.3, -0.25) is 4.79 Å². The summed E-state index contributed by atoms with van der Waals surface area (Å²) in [5.41, 5.74) is 1.99. The van der Waals surface area contributed by atoms with E-state index in [0.29, 0.717) is 17.0 Å². The third-order valence-electron chi connectivity index (χ3n) is 2.73. The van der Waals surface area contributed by atoms with E-state index in [4.69, 9.17) is 5.26 Å². The van der Waals surface area contributed by atoms with Crippen LogP contribution in [-0.2, 0) is 0 Å². The van der Waals surface area contributed by atoms with Crippen molar-refractivity contribution in [1.29, 1.82) is 5.26 Å². The van der Waals surface area contributed by atoms with E-state index in [1.165, 1.54) is 0 Å². The molecule has 0 spiro atoms. The molecule has 0 saturated heterocycles. The van der Waals surface area contributed by atoms with Gasteiger partial charge in [-0.1, -0.05) is 13.8 Å². The third kappa shape index (κ3) is 3.60. The van der Waals surface area contributed by atoms with Crippen LogP contribution in [0.2, 0.25) is 0 Å². The molecule has 0 aliphatic carbocycles. The number of aldehydes is 1. The number of nitrogens with zero attached hydrogens (tertiary/aromatic N) is 2. The van der Waals surface area contributed by atoms with Crippen molar-refractivity contribution < 1.29 is 4.79 Å². The summed E-state index contributed by atoms with van der Waals surface area (Å²) in [5, 5.41) is 9.07. The van der Waals surface area contributed by atoms with E-state index < -0.39 is 0 Å². The lowest BCUT2D eigenvalue weighted by molar-refractivity contribution is 0.112.